The second kappa shape index (κ2) is 9.20. The van der Waals surface area contributed by atoms with Gasteiger partial charge in [-0.05, 0) is 20.3 Å². The lowest BCUT2D eigenvalue weighted by Gasteiger charge is -2.16. The number of nitro benzene ring substituents is 2. The van der Waals surface area contributed by atoms with Crippen LogP contribution in [0, 0.1) is 20.2 Å². The highest BCUT2D eigenvalue weighted by Crippen LogP contribution is 2.22. The molecule has 11 nitrogen and oxygen atoms in total. The van der Waals surface area contributed by atoms with Gasteiger partial charge in [-0.15, -0.1) is 0 Å². The molecule has 1 N–H and O–H groups in total. The van der Waals surface area contributed by atoms with Gasteiger partial charge in [-0.3, -0.25) is 25.0 Å². The van der Waals surface area contributed by atoms with Gasteiger partial charge in [0.1, 0.15) is 11.8 Å². The van der Waals surface area contributed by atoms with Crippen LogP contribution in [0.5, 0.6) is 0 Å². The van der Waals surface area contributed by atoms with Crippen molar-refractivity contribution >= 4 is 29.0 Å². The van der Waals surface area contributed by atoms with Crippen LogP contribution in [0.25, 0.3) is 0 Å². The van der Waals surface area contributed by atoms with Gasteiger partial charge in [0.15, 0.2) is 0 Å². The van der Waals surface area contributed by atoms with Crippen LogP contribution in [-0.2, 0) is 14.3 Å². The molecule has 1 amide bonds. The molecule has 0 radical (unpaired) electrons. The smallest absolute Gasteiger partial charge is 0.328 e. The Hall–Kier alpha value is -3.37. The molecule has 0 saturated carbocycles. The summed E-state index contributed by atoms with van der Waals surface area (Å²) in [4.78, 5) is 55.3. The quantitative estimate of drug-likeness (QED) is 0.391. The Balaban J connectivity index is 3.10. The van der Waals surface area contributed by atoms with Gasteiger partial charge in [-0.1, -0.05) is 0 Å². The minimum atomic E-state index is -1.16. The van der Waals surface area contributed by atoms with Crippen molar-refractivity contribution in [2.75, 3.05) is 6.61 Å². The molecule has 0 heterocycles. The van der Waals surface area contributed by atoms with Gasteiger partial charge in [0, 0.05) is 18.6 Å². The summed E-state index contributed by atoms with van der Waals surface area (Å²) in [7, 11) is 0. The third kappa shape index (κ3) is 5.92. The lowest BCUT2D eigenvalue weighted by Crippen LogP contribution is -2.42. The number of carbonyl (C=O) groups excluding carboxylic acids is 3. The Morgan fingerprint density at radius 1 is 1.12 bits per heavy atom. The largest absolute Gasteiger partial charge is 0.464 e. The highest BCUT2D eigenvalue weighted by atomic mass is 16.6. The van der Waals surface area contributed by atoms with Crippen molar-refractivity contribution < 1.29 is 29.0 Å². The number of rotatable bonds is 9. The van der Waals surface area contributed by atoms with Crippen LogP contribution in [0.4, 0.5) is 11.4 Å². The predicted octanol–water partition coefficient (Wildman–Crippen LogP) is 1.53. The van der Waals surface area contributed by atoms with Gasteiger partial charge < -0.3 is 14.8 Å². The maximum absolute atomic E-state index is 12.3. The summed E-state index contributed by atoms with van der Waals surface area (Å²) in [6.45, 7) is 2.92. The molecule has 0 saturated heterocycles. The number of carbonyl (C=O) groups is 3. The van der Waals surface area contributed by atoms with E-state index in [4.69, 9.17) is 4.74 Å². The molecule has 0 aromatic heterocycles. The van der Waals surface area contributed by atoms with Crippen LogP contribution in [0.2, 0.25) is 0 Å². The maximum atomic E-state index is 12.3. The van der Waals surface area contributed by atoms with Crippen molar-refractivity contribution in [1.82, 2.24) is 5.32 Å². The Morgan fingerprint density at radius 2 is 1.65 bits per heavy atom. The van der Waals surface area contributed by atoms with Gasteiger partial charge in [0.2, 0.25) is 0 Å². The van der Waals surface area contributed by atoms with Crippen molar-refractivity contribution in [2.24, 2.45) is 0 Å². The highest BCUT2D eigenvalue weighted by molar-refractivity contribution is 5.98. The summed E-state index contributed by atoms with van der Waals surface area (Å²) in [6, 6.07) is 1.27. The fourth-order valence-corrected chi connectivity index (χ4v) is 2.02. The number of hydrogen-bond donors (Lipinski definition) is 1. The zero-order valence-electron chi connectivity index (χ0n) is 14.1. The van der Waals surface area contributed by atoms with Gasteiger partial charge >= 0.3 is 5.97 Å². The predicted molar refractivity (Wildman–Crippen MR) is 87.6 cm³/mol. The molecule has 0 aliphatic heterocycles. The molecule has 26 heavy (non-hydrogen) atoms. The molecule has 1 rings (SSSR count). The highest BCUT2D eigenvalue weighted by Gasteiger charge is 2.25. The lowest BCUT2D eigenvalue weighted by molar-refractivity contribution is -0.394. The first-order valence-corrected chi connectivity index (χ1v) is 7.56. The molecule has 0 aliphatic carbocycles. The summed E-state index contributed by atoms with van der Waals surface area (Å²) in [5.74, 6) is -1.92. The summed E-state index contributed by atoms with van der Waals surface area (Å²) in [5, 5.41) is 24.1. The molecular formula is C15H17N3O8. The van der Waals surface area contributed by atoms with E-state index in [1.54, 1.807) is 6.92 Å². The zero-order chi connectivity index (χ0) is 19.9. The van der Waals surface area contributed by atoms with E-state index in [9.17, 15) is 34.6 Å². The minimum Gasteiger partial charge on any atom is -0.464 e. The van der Waals surface area contributed by atoms with E-state index >= 15 is 0 Å². The van der Waals surface area contributed by atoms with E-state index < -0.39 is 39.1 Å². The van der Waals surface area contributed by atoms with Crippen molar-refractivity contribution in [3.63, 3.8) is 0 Å². The summed E-state index contributed by atoms with van der Waals surface area (Å²) < 4.78 is 4.82. The summed E-state index contributed by atoms with van der Waals surface area (Å²) in [5.41, 5.74) is -1.63. The second-order valence-electron chi connectivity index (χ2n) is 5.27. The average molecular weight is 367 g/mol. The molecule has 1 unspecified atom stereocenters. The van der Waals surface area contributed by atoms with Crippen LogP contribution >= 0.6 is 0 Å². The van der Waals surface area contributed by atoms with E-state index in [1.165, 1.54) is 6.92 Å². The summed E-state index contributed by atoms with van der Waals surface area (Å²) in [6.07, 6.45) is -0.0320. The number of amides is 1. The van der Waals surface area contributed by atoms with Gasteiger partial charge in [-0.25, -0.2) is 4.79 Å². The van der Waals surface area contributed by atoms with E-state index in [0.717, 1.165) is 18.2 Å². The fraction of sp³-hybridized carbons (Fsp3) is 0.400. The van der Waals surface area contributed by atoms with Crippen LogP contribution in [0.15, 0.2) is 18.2 Å². The number of benzene rings is 1. The number of nitrogens with zero attached hydrogens (tertiary/aromatic N) is 2. The van der Waals surface area contributed by atoms with Crippen molar-refractivity contribution in [1.29, 1.82) is 0 Å². The van der Waals surface area contributed by atoms with Crippen LogP contribution in [0.3, 0.4) is 0 Å². The molecule has 1 aromatic rings. The third-order valence-corrected chi connectivity index (χ3v) is 3.25. The SMILES string of the molecule is CCOC(=O)C(CCC(C)=O)NC(=O)c1cc([N+](=O)[O-])cc([N+](=O)[O-])c1. The van der Waals surface area contributed by atoms with Gasteiger partial charge in [0.25, 0.3) is 17.3 Å². The third-order valence-electron chi connectivity index (χ3n) is 3.25. The Bertz CT molecular complexity index is 714. The number of nitrogens with one attached hydrogen (secondary N) is 1. The maximum Gasteiger partial charge on any atom is 0.328 e. The molecule has 1 atom stereocenters. The number of esters is 1. The van der Waals surface area contributed by atoms with Crippen molar-refractivity contribution in [2.45, 2.75) is 32.7 Å². The molecule has 0 fully saturated rings. The van der Waals surface area contributed by atoms with Gasteiger partial charge in [-0.2, -0.15) is 0 Å². The first-order valence-electron chi connectivity index (χ1n) is 7.56. The minimum absolute atomic E-state index is 0.00114. The van der Waals surface area contributed by atoms with E-state index in [2.05, 4.69) is 5.32 Å². The number of ketones is 1. The average Bonchev–Trinajstić information content (AvgIpc) is 2.57. The Labute approximate surface area is 147 Å². The molecule has 1 aromatic carbocycles. The first kappa shape index (κ1) is 20.7. The number of hydrogen-bond acceptors (Lipinski definition) is 8. The number of nitro groups is 2. The molecule has 0 spiro atoms. The van der Waals surface area contributed by atoms with Crippen LogP contribution < -0.4 is 5.32 Å². The fourth-order valence-electron chi connectivity index (χ4n) is 2.02. The van der Waals surface area contributed by atoms with Gasteiger partial charge in [0.05, 0.1) is 28.1 Å². The molecule has 0 bridgehead atoms. The van der Waals surface area contributed by atoms with Crippen LogP contribution in [0.1, 0.15) is 37.0 Å². The van der Waals surface area contributed by atoms with E-state index in [1.807, 2.05) is 0 Å². The Kier molecular flexibility index (Phi) is 7.32. The van der Waals surface area contributed by atoms with Crippen molar-refractivity contribution in [3.8, 4) is 0 Å². The molecule has 140 valence electrons. The summed E-state index contributed by atoms with van der Waals surface area (Å²) >= 11 is 0. The Morgan fingerprint density at radius 3 is 2.08 bits per heavy atom. The van der Waals surface area contributed by atoms with Crippen LogP contribution in [-0.4, -0.2) is 40.2 Å². The number of ether oxygens (including phenoxy) is 1. The molecule has 11 heteroatoms. The topological polar surface area (TPSA) is 159 Å². The zero-order valence-corrected chi connectivity index (χ0v) is 14.1. The van der Waals surface area contributed by atoms with E-state index in [-0.39, 0.29) is 30.8 Å². The monoisotopic (exact) mass is 367 g/mol. The number of non-ortho nitro benzene ring substituents is 2. The molecule has 0 aliphatic rings. The lowest BCUT2D eigenvalue weighted by atomic mass is 10.1. The normalized spacial score (nSPS) is 11.3. The first-order chi connectivity index (χ1) is 12.1. The standard InChI is InChI=1S/C15H17N3O8/c1-3-26-15(21)13(5-4-9(2)19)16-14(20)10-6-11(17(22)23)8-12(7-10)18(24)25/h6-8,13H,3-5H2,1-2H3,(H,16,20). The second-order valence-corrected chi connectivity index (χ2v) is 5.27. The number of Topliss-reactive ketones (excluding diaryl/α,β-unsaturated/α-hetero) is 1. The van der Waals surface area contributed by atoms with Crippen molar-refractivity contribution in [3.05, 3.63) is 44.0 Å². The molecular weight excluding hydrogens is 350 g/mol. The van der Waals surface area contributed by atoms with E-state index in [0.29, 0.717) is 0 Å².